The molecule has 2 unspecified atom stereocenters. The summed E-state index contributed by atoms with van der Waals surface area (Å²) in [6, 6.07) is 4.70. The molecule has 2 atom stereocenters. The molecule has 0 aliphatic carbocycles. The van der Waals surface area contributed by atoms with Crippen molar-refractivity contribution in [3.63, 3.8) is 0 Å². The van der Waals surface area contributed by atoms with Gasteiger partial charge in [-0.2, -0.15) is 0 Å². The van der Waals surface area contributed by atoms with Gasteiger partial charge < -0.3 is 9.84 Å². The number of benzene rings is 1. The molecule has 100 valence electrons. The molecule has 2 nitrogen and oxygen atoms in total. The van der Waals surface area contributed by atoms with Crippen LogP contribution >= 0.6 is 0 Å². The Morgan fingerprint density at radius 2 is 2.22 bits per heavy atom. The summed E-state index contributed by atoms with van der Waals surface area (Å²) in [4.78, 5) is 0. The van der Waals surface area contributed by atoms with Gasteiger partial charge in [0.1, 0.15) is 5.82 Å². The molecule has 1 aliphatic rings. The molecule has 2 rings (SSSR count). The largest absolute Gasteiger partial charge is 0.390 e. The fourth-order valence-electron chi connectivity index (χ4n) is 2.53. The summed E-state index contributed by atoms with van der Waals surface area (Å²) in [6.07, 6.45) is 3.02. The van der Waals surface area contributed by atoms with E-state index in [2.05, 4.69) is 0 Å². The minimum absolute atomic E-state index is 0.231. The number of hydrogen-bond donors (Lipinski definition) is 1. The minimum atomic E-state index is -0.540. The summed E-state index contributed by atoms with van der Waals surface area (Å²) >= 11 is 0. The Morgan fingerprint density at radius 1 is 1.44 bits per heavy atom. The third-order valence-electron chi connectivity index (χ3n) is 3.92. The van der Waals surface area contributed by atoms with Crippen LogP contribution in [0.3, 0.4) is 0 Å². The molecule has 1 saturated heterocycles. The van der Waals surface area contributed by atoms with E-state index in [1.807, 2.05) is 13.8 Å². The van der Waals surface area contributed by atoms with Gasteiger partial charge in [-0.15, -0.1) is 0 Å². The van der Waals surface area contributed by atoms with Crippen molar-refractivity contribution in [1.29, 1.82) is 0 Å². The third-order valence-corrected chi connectivity index (χ3v) is 3.92. The lowest BCUT2D eigenvalue weighted by molar-refractivity contribution is -0.135. The molecule has 0 radical (unpaired) electrons. The Labute approximate surface area is 108 Å². The van der Waals surface area contributed by atoms with Crippen molar-refractivity contribution < 1.29 is 14.2 Å². The summed E-state index contributed by atoms with van der Waals surface area (Å²) in [7, 11) is 0. The molecular formula is C15H21FO2. The number of rotatable bonds is 3. The number of aryl methyl sites for hydroxylation is 1. The zero-order valence-electron chi connectivity index (χ0n) is 11.1. The normalized spacial score (nSPS) is 26.0. The van der Waals surface area contributed by atoms with Gasteiger partial charge in [-0.25, -0.2) is 4.39 Å². The van der Waals surface area contributed by atoms with Crippen molar-refractivity contribution in [2.24, 2.45) is 0 Å². The molecule has 1 fully saturated rings. The second-order valence-corrected chi connectivity index (χ2v) is 5.41. The van der Waals surface area contributed by atoms with Gasteiger partial charge in [0.05, 0.1) is 11.7 Å². The van der Waals surface area contributed by atoms with E-state index in [1.54, 1.807) is 6.07 Å². The summed E-state index contributed by atoms with van der Waals surface area (Å²) in [5.41, 5.74) is 1.41. The third kappa shape index (κ3) is 2.90. The molecule has 18 heavy (non-hydrogen) atoms. The van der Waals surface area contributed by atoms with Crippen LogP contribution in [0.4, 0.5) is 4.39 Å². The maximum atomic E-state index is 13.0. The van der Waals surface area contributed by atoms with Gasteiger partial charge >= 0.3 is 0 Å². The van der Waals surface area contributed by atoms with E-state index < -0.39 is 11.7 Å². The molecule has 1 aromatic rings. The van der Waals surface area contributed by atoms with E-state index >= 15 is 0 Å². The van der Waals surface area contributed by atoms with E-state index in [0.717, 1.165) is 37.0 Å². The topological polar surface area (TPSA) is 29.5 Å². The van der Waals surface area contributed by atoms with Crippen LogP contribution in [0.5, 0.6) is 0 Å². The predicted octanol–water partition coefficient (Wildman–Crippen LogP) is 3.00. The standard InChI is InChI=1S/C15H21FO2/c1-11-9-13(16)6-5-12(11)10-14(17)15(2)7-3-4-8-18-15/h5-6,9,14,17H,3-4,7-8,10H2,1-2H3. The lowest BCUT2D eigenvalue weighted by atomic mass is 9.86. The highest BCUT2D eigenvalue weighted by Gasteiger charge is 2.35. The van der Waals surface area contributed by atoms with Crippen LogP contribution < -0.4 is 0 Å². The molecule has 0 saturated carbocycles. The highest BCUT2D eigenvalue weighted by Crippen LogP contribution is 2.30. The summed E-state index contributed by atoms with van der Waals surface area (Å²) in [5, 5.41) is 10.4. The Bertz CT molecular complexity index is 411. The molecule has 1 heterocycles. The number of ether oxygens (including phenoxy) is 1. The minimum Gasteiger partial charge on any atom is -0.390 e. The number of halogens is 1. The first-order valence-corrected chi connectivity index (χ1v) is 6.58. The highest BCUT2D eigenvalue weighted by atomic mass is 19.1. The Kier molecular flexibility index (Phi) is 4.03. The fourth-order valence-corrected chi connectivity index (χ4v) is 2.53. The van der Waals surface area contributed by atoms with Gasteiger partial charge in [-0.05, 0) is 56.4 Å². The van der Waals surface area contributed by atoms with Gasteiger partial charge in [-0.3, -0.25) is 0 Å². The zero-order valence-corrected chi connectivity index (χ0v) is 11.1. The zero-order chi connectivity index (χ0) is 13.2. The molecular weight excluding hydrogens is 231 g/mol. The summed E-state index contributed by atoms with van der Waals surface area (Å²) in [6.45, 7) is 4.56. The molecule has 0 aromatic heterocycles. The second kappa shape index (κ2) is 5.37. The summed E-state index contributed by atoms with van der Waals surface area (Å²) in [5.74, 6) is -0.231. The fraction of sp³-hybridized carbons (Fsp3) is 0.600. The SMILES string of the molecule is Cc1cc(F)ccc1CC(O)C1(C)CCCCO1. The lowest BCUT2D eigenvalue weighted by Crippen LogP contribution is -2.45. The molecule has 0 spiro atoms. The average molecular weight is 252 g/mol. The van der Waals surface area contributed by atoms with Crippen molar-refractivity contribution >= 4 is 0 Å². The van der Waals surface area contributed by atoms with Crippen LogP contribution in [0.25, 0.3) is 0 Å². The average Bonchev–Trinajstić information content (AvgIpc) is 2.33. The van der Waals surface area contributed by atoms with Gasteiger partial charge in [0, 0.05) is 13.0 Å². The van der Waals surface area contributed by atoms with Gasteiger partial charge in [0.2, 0.25) is 0 Å². The van der Waals surface area contributed by atoms with Gasteiger partial charge in [-0.1, -0.05) is 6.07 Å². The Balaban J connectivity index is 2.08. The van der Waals surface area contributed by atoms with Crippen molar-refractivity contribution in [3.8, 4) is 0 Å². The first kappa shape index (κ1) is 13.5. The first-order chi connectivity index (χ1) is 8.51. The van der Waals surface area contributed by atoms with Gasteiger partial charge in [0.25, 0.3) is 0 Å². The molecule has 3 heteroatoms. The van der Waals surface area contributed by atoms with Crippen LogP contribution in [-0.4, -0.2) is 23.4 Å². The molecule has 0 bridgehead atoms. The van der Waals surface area contributed by atoms with E-state index in [1.165, 1.54) is 12.1 Å². The quantitative estimate of drug-likeness (QED) is 0.896. The van der Waals surface area contributed by atoms with Crippen molar-refractivity contribution in [2.75, 3.05) is 6.61 Å². The van der Waals surface area contributed by atoms with E-state index in [0.29, 0.717) is 6.42 Å². The van der Waals surface area contributed by atoms with Crippen molar-refractivity contribution in [2.45, 2.75) is 51.2 Å². The highest BCUT2D eigenvalue weighted by molar-refractivity contribution is 5.27. The number of aliphatic hydroxyl groups is 1. The summed E-state index contributed by atoms with van der Waals surface area (Å²) < 4.78 is 18.8. The second-order valence-electron chi connectivity index (χ2n) is 5.41. The monoisotopic (exact) mass is 252 g/mol. The Morgan fingerprint density at radius 3 is 2.83 bits per heavy atom. The van der Waals surface area contributed by atoms with Crippen LogP contribution in [0.15, 0.2) is 18.2 Å². The Hall–Kier alpha value is -0.930. The van der Waals surface area contributed by atoms with Crippen LogP contribution in [0, 0.1) is 12.7 Å². The van der Waals surface area contributed by atoms with Crippen LogP contribution in [0.2, 0.25) is 0 Å². The van der Waals surface area contributed by atoms with E-state index in [9.17, 15) is 9.50 Å². The smallest absolute Gasteiger partial charge is 0.123 e. The molecule has 1 aromatic carbocycles. The van der Waals surface area contributed by atoms with Crippen LogP contribution in [-0.2, 0) is 11.2 Å². The lowest BCUT2D eigenvalue weighted by Gasteiger charge is -2.38. The number of hydrogen-bond acceptors (Lipinski definition) is 2. The maximum Gasteiger partial charge on any atom is 0.123 e. The predicted molar refractivity (Wildman–Crippen MR) is 69.1 cm³/mol. The molecule has 1 N–H and O–H groups in total. The number of aliphatic hydroxyl groups excluding tert-OH is 1. The van der Waals surface area contributed by atoms with Gasteiger partial charge in [0.15, 0.2) is 0 Å². The van der Waals surface area contributed by atoms with E-state index in [-0.39, 0.29) is 5.82 Å². The maximum absolute atomic E-state index is 13.0. The van der Waals surface area contributed by atoms with Crippen molar-refractivity contribution in [3.05, 3.63) is 35.1 Å². The molecule has 0 amide bonds. The first-order valence-electron chi connectivity index (χ1n) is 6.58. The van der Waals surface area contributed by atoms with Crippen LogP contribution in [0.1, 0.15) is 37.3 Å². The molecule has 1 aliphatic heterocycles. The van der Waals surface area contributed by atoms with Crippen molar-refractivity contribution in [1.82, 2.24) is 0 Å². The van der Waals surface area contributed by atoms with E-state index in [4.69, 9.17) is 4.74 Å².